The van der Waals surface area contributed by atoms with E-state index in [1.165, 1.54) is 0 Å². The molecule has 0 atom stereocenters. The van der Waals surface area contributed by atoms with E-state index in [-0.39, 0.29) is 11.5 Å². The largest absolute Gasteiger partial charge is 0.504 e. The molecule has 0 unspecified atom stereocenters. The van der Waals surface area contributed by atoms with E-state index >= 15 is 0 Å². The molecule has 84 valence electrons. The summed E-state index contributed by atoms with van der Waals surface area (Å²) in [6.07, 6.45) is 0. The number of hydrogen-bond donors (Lipinski definition) is 2. The Kier molecular flexibility index (Phi) is 1.99. The van der Waals surface area contributed by atoms with Gasteiger partial charge in [0.15, 0.2) is 11.5 Å². The van der Waals surface area contributed by atoms with Gasteiger partial charge >= 0.3 is 0 Å². The van der Waals surface area contributed by atoms with Crippen LogP contribution in [0.3, 0.4) is 0 Å². The van der Waals surface area contributed by atoms with Crippen molar-refractivity contribution in [3.8, 4) is 11.5 Å². The molecule has 2 heteroatoms. The number of aryl methyl sites for hydroxylation is 1. The first-order chi connectivity index (χ1) is 8.20. The Morgan fingerprint density at radius 2 is 1.35 bits per heavy atom. The fourth-order valence-electron chi connectivity index (χ4n) is 2.38. The average Bonchev–Trinajstić information content (AvgIpc) is 2.36. The van der Waals surface area contributed by atoms with Crippen LogP contribution >= 0.6 is 0 Å². The first-order valence-electron chi connectivity index (χ1n) is 5.52. The summed E-state index contributed by atoms with van der Waals surface area (Å²) >= 11 is 0. The van der Waals surface area contributed by atoms with Crippen LogP contribution in [0.2, 0.25) is 0 Å². The third-order valence-corrected chi connectivity index (χ3v) is 3.21. The van der Waals surface area contributed by atoms with E-state index in [1.54, 1.807) is 0 Å². The Balaban J connectivity index is 2.70. The fraction of sp³-hybridized carbons (Fsp3) is 0.0667. The number of fused-ring (bicyclic) bond motifs is 3. The zero-order chi connectivity index (χ0) is 12.0. The molecule has 0 spiro atoms. The van der Waals surface area contributed by atoms with Crippen molar-refractivity contribution in [3.63, 3.8) is 0 Å². The maximum atomic E-state index is 10.1. The number of phenolic OH excluding ortho intramolecular Hbond substituents is 2. The molecular weight excluding hydrogens is 212 g/mol. The molecule has 0 saturated carbocycles. The predicted molar refractivity (Wildman–Crippen MR) is 69.5 cm³/mol. The van der Waals surface area contributed by atoms with Gasteiger partial charge in [-0.2, -0.15) is 0 Å². The second kappa shape index (κ2) is 3.39. The van der Waals surface area contributed by atoms with Gasteiger partial charge in [-0.15, -0.1) is 0 Å². The number of phenols is 2. The normalized spacial score (nSPS) is 11.1. The molecule has 0 bridgehead atoms. The average molecular weight is 224 g/mol. The zero-order valence-corrected chi connectivity index (χ0v) is 9.44. The van der Waals surface area contributed by atoms with E-state index in [4.69, 9.17) is 0 Å². The summed E-state index contributed by atoms with van der Waals surface area (Å²) in [5, 5.41) is 23.5. The van der Waals surface area contributed by atoms with Crippen molar-refractivity contribution in [3.05, 3.63) is 48.0 Å². The summed E-state index contributed by atoms with van der Waals surface area (Å²) in [6.45, 7) is 1.93. The molecule has 0 heterocycles. The molecule has 0 aliphatic carbocycles. The molecule has 3 rings (SSSR count). The summed E-state index contributed by atoms with van der Waals surface area (Å²) < 4.78 is 0. The van der Waals surface area contributed by atoms with Gasteiger partial charge in [0.05, 0.1) is 0 Å². The SMILES string of the molecule is Cc1cccc2c1c(O)c(O)c1ccccc12. The molecule has 0 aromatic heterocycles. The van der Waals surface area contributed by atoms with Gasteiger partial charge in [0.1, 0.15) is 0 Å². The molecule has 2 N–H and O–H groups in total. The number of rotatable bonds is 0. The summed E-state index contributed by atoms with van der Waals surface area (Å²) in [6, 6.07) is 13.4. The van der Waals surface area contributed by atoms with Crippen LogP contribution in [0, 0.1) is 6.92 Å². The molecule has 2 nitrogen and oxygen atoms in total. The number of aromatic hydroxyl groups is 2. The van der Waals surface area contributed by atoms with Gasteiger partial charge in [0.25, 0.3) is 0 Å². The summed E-state index contributed by atoms with van der Waals surface area (Å²) in [5.74, 6) is -0.0702. The van der Waals surface area contributed by atoms with Crippen LogP contribution in [0.15, 0.2) is 42.5 Å². The maximum absolute atomic E-state index is 10.1. The highest BCUT2D eigenvalue weighted by Gasteiger charge is 2.13. The van der Waals surface area contributed by atoms with Crippen LogP contribution in [0.4, 0.5) is 0 Å². The molecule has 0 aliphatic heterocycles. The van der Waals surface area contributed by atoms with Crippen molar-refractivity contribution in [1.82, 2.24) is 0 Å². The molecule has 0 fully saturated rings. The summed E-state index contributed by atoms with van der Waals surface area (Å²) in [4.78, 5) is 0. The lowest BCUT2D eigenvalue weighted by Crippen LogP contribution is -1.83. The zero-order valence-electron chi connectivity index (χ0n) is 9.44. The topological polar surface area (TPSA) is 40.5 Å². The maximum Gasteiger partial charge on any atom is 0.166 e. The van der Waals surface area contributed by atoms with Gasteiger partial charge in [-0.25, -0.2) is 0 Å². The van der Waals surface area contributed by atoms with E-state index < -0.39 is 0 Å². The van der Waals surface area contributed by atoms with Crippen molar-refractivity contribution < 1.29 is 10.2 Å². The van der Waals surface area contributed by atoms with E-state index in [1.807, 2.05) is 49.4 Å². The lowest BCUT2D eigenvalue weighted by atomic mass is 9.97. The molecule has 3 aromatic carbocycles. The minimum Gasteiger partial charge on any atom is -0.504 e. The van der Waals surface area contributed by atoms with E-state index in [0.29, 0.717) is 5.39 Å². The first-order valence-corrected chi connectivity index (χ1v) is 5.52. The third kappa shape index (κ3) is 1.27. The van der Waals surface area contributed by atoms with E-state index in [9.17, 15) is 10.2 Å². The molecule has 3 aromatic rings. The van der Waals surface area contributed by atoms with Crippen LogP contribution in [-0.4, -0.2) is 10.2 Å². The summed E-state index contributed by atoms with van der Waals surface area (Å²) in [7, 11) is 0. The quantitative estimate of drug-likeness (QED) is 0.451. The predicted octanol–water partition coefficient (Wildman–Crippen LogP) is 3.71. The Morgan fingerprint density at radius 3 is 2.12 bits per heavy atom. The first kappa shape index (κ1) is 9.97. The highest BCUT2D eigenvalue weighted by Crippen LogP contribution is 2.42. The summed E-state index contributed by atoms with van der Waals surface area (Å²) in [5.41, 5.74) is 0.959. The lowest BCUT2D eigenvalue weighted by Gasteiger charge is -2.11. The van der Waals surface area contributed by atoms with Gasteiger partial charge in [0.2, 0.25) is 0 Å². The van der Waals surface area contributed by atoms with Crippen molar-refractivity contribution in [2.24, 2.45) is 0 Å². The Hall–Kier alpha value is -2.22. The van der Waals surface area contributed by atoms with Gasteiger partial charge in [-0.1, -0.05) is 42.5 Å². The fourth-order valence-corrected chi connectivity index (χ4v) is 2.38. The van der Waals surface area contributed by atoms with Gasteiger partial charge in [-0.05, 0) is 23.3 Å². The third-order valence-electron chi connectivity index (χ3n) is 3.21. The minimum absolute atomic E-state index is 0.0307. The van der Waals surface area contributed by atoms with Crippen molar-refractivity contribution in [2.75, 3.05) is 0 Å². The van der Waals surface area contributed by atoms with E-state index in [0.717, 1.165) is 21.7 Å². The van der Waals surface area contributed by atoms with Crippen molar-refractivity contribution in [1.29, 1.82) is 0 Å². The van der Waals surface area contributed by atoms with Crippen molar-refractivity contribution in [2.45, 2.75) is 6.92 Å². The second-order valence-electron chi connectivity index (χ2n) is 4.24. The molecule has 0 aliphatic rings. The smallest absolute Gasteiger partial charge is 0.166 e. The molecule has 0 radical (unpaired) electrons. The van der Waals surface area contributed by atoms with Crippen LogP contribution in [0.5, 0.6) is 11.5 Å². The minimum atomic E-state index is -0.0394. The highest BCUT2D eigenvalue weighted by molar-refractivity contribution is 6.14. The van der Waals surface area contributed by atoms with Crippen LogP contribution in [0.1, 0.15) is 5.56 Å². The van der Waals surface area contributed by atoms with E-state index in [2.05, 4.69) is 0 Å². The van der Waals surface area contributed by atoms with Gasteiger partial charge in [-0.3, -0.25) is 0 Å². The van der Waals surface area contributed by atoms with Crippen molar-refractivity contribution >= 4 is 21.5 Å². The second-order valence-corrected chi connectivity index (χ2v) is 4.24. The standard InChI is InChI=1S/C15H12O2/c1-9-5-4-8-11-10-6-2-3-7-12(10)14(16)15(17)13(9)11/h2-8,16-17H,1H3. The Labute approximate surface area is 98.7 Å². The monoisotopic (exact) mass is 224 g/mol. The number of hydrogen-bond acceptors (Lipinski definition) is 2. The van der Waals surface area contributed by atoms with Crippen LogP contribution in [0.25, 0.3) is 21.5 Å². The molecule has 17 heavy (non-hydrogen) atoms. The Morgan fingerprint density at radius 1 is 0.706 bits per heavy atom. The van der Waals surface area contributed by atoms with Crippen LogP contribution in [-0.2, 0) is 0 Å². The van der Waals surface area contributed by atoms with Crippen LogP contribution < -0.4 is 0 Å². The molecular formula is C15H12O2. The van der Waals surface area contributed by atoms with Gasteiger partial charge < -0.3 is 10.2 Å². The van der Waals surface area contributed by atoms with Gasteiger partial charge in [0, 0.05) is 10.8 Å². The highest BCUT2D eigenvalue weighted by atomic mass is 16.3. The number of benzene rings is 3. The Bertz CT molecular complexity index is 730. The molecule has 0 amide bonds. The molecule has 0 saturated heterocycles. The lowest BCUT2D eigenvalue weighted by molar-refractivity contribution is 0.412.